The number of fused-ring (bicyclic) bond motifs is 2. The molecular weight excluding hydrogens is 404 g/mol. The normalized spacial score (nSPS) is 16.7. The largest absolute Gasteiger partial charge is 0.486 e. The predicted molar refractivity (Wildman–Crippen MR) is 115 cm³/mol. The zero-order valence-electron chi connectivity index (χ0n) is 16.7. The molecule has 30 heavy (non-hydrogen) atoms. The van der Waals surface area contributed by atoms with Crippen LogP contribution in [0.1, 0.15) is 36.1 Å². The highest BCUT2D eigenvalue weighted by Gasteiger charge is 2.28. The Bertz CT molecular complexity index is 1000. The summed E-state index contributed by atoms with van der Waals surface area (Å²) in [5.41, 5.74) is 2.96. The van der Waals surface area contributed by atoms with Crippen LogP contribution < -0.4 is 14.8 Å². The Balaban J connectivity index is 1.38. The monoisotopic (exact) mass is 426 g/mol. The molecule has 0 spiro atoms. The molecule has 4 rings (SSSR count). The van der Waals surface area contributed by atoms with Gasteiger partial charge in [-0.25, -0.2) is 0 Å². The van der Waals surface area contributed by atoms with Crippen LogP contribution in [0.5, 0.6) is 11.5 Å². The molecule has 6 nitrogen and oxygen atoms in total. The first-order chi connectivity index (χ1) is 14.5. The van der Waals surface area contributed by atoms with Crippen molar-refractivity contribution in [3.8, 4) is 11.5 Å². The highest BCUT2D eigenvalue weighted by Crippen LogP contribution is 2.38. The Morgan fingerprint density at radius 3 is 2.83 bits per heavy atom. The minimum Gasteiger partial charge on any atom is -0.486 e. The molecule has 7 heteroatoms. The van der Waals surface area contributed by atoms with Crippen LogP contribution in [0.4, 0.5) is 0 Å². The maximum atomic E-state index is 12.6. The van der Waals surface area contributed by atoms with Crippen molar-refractivity contribution >= 4 is 29.5 Å². The van der Waals surface area contributed by atoms with Crippen molar-refractivity contribution in [3.63, 3.8) is 0 Å². The van der Waals surface area contributed by atoms with Gasteiger partial charge in [-0.2, -0.15) is 0 Å². The van der Waals surface area contributed by atoms with Gasteiger partial charge in [-0.05, 0) is 41.3 Å². The van der Waals surface area contributed by atoms with Gasteiger partial charge in [0.1, 0.15) is 13.2 Å². The van der Waals surface area contributed by atoms with Gasteiger partial charge in [-0.1, -0.05) is 35.9 Å². The standard InChI is InChI=1S/C23H23ClN2O4/c1-15(27)26-9-7-17-4-2-3-5-18(17)20(26)14-22(28)25-8-6-16-12-19(24)23-21(13-16)29-10-11-30-23/h2-5,7,9,12-13,20H,6,8,10-11,14H2,1H3,(H,25,28)/t20-/m0/s1. The molecule has 2 aliphatic heterocycles. The molecule has 0 aromatic heterocycles. The molecule has 0 unspecified atom stereocenters. The second-order valence-electron chi connectivity index (χ2n) is 7.29. The first-order valence-corrected chi connectivity index (χ1v) is 10.3. The van der Waals surface area contributed by atoms with Crippen LogP contribution >= 0.6 is 11.6 Å². The molecule has 2 amide bonds. The third-order valence-electron chi connectivity index (χ3n) is 5.24. The van der Waals surface area contributed by atoms with Crippen LogP contribution in [0.25, 0.3) is 6.08 Å². The van der Waals surface area contributed by atoms with E-state index in [1.807, 2.05) is 42.5 Å². The smallest absolute Gasteiger partial charge is 0.223 e. The SMILES string of the molecule is CC(=O)N1C=Cc2ccccc2[C@@H]1CC(=O)NCCc1cc(Cl)c2c(c1)OCCO2. The van der Waals surface area contributed by atoms with Crippen LogP contribution in [0, 0.1) is 0 Å². The average Bonchev–Trinajstić information content (AvgIpc) is 2.74. The Morgan fingerprint density at radius 2 is 2.00 bits per heavy atom. The second kappa shape index (κ2) is 8.79. The van der Waals surface area contributed by atoms with Gasteiger partial charge in [-0.3, -0.25) is 9.59 Å². The summed E-state index contributed by atoms with van der Waals surface area (Å²) in [6, 6.07) is 11.2. The van der Waals surface area contributed by atoms with Crippen molar-refractivity contribution in [2.75, 3.05) is 19.8 Å². The molecular formula is C23H23ClN2O4. The summed E-state index contributed by atoms with van der Waals surface area (Å²) in [5.74, 6) is 1.01. The number of nitrogens with one attached hydrogen (secondary N) is 1. The van der Waals surface area contributed by atoms with E-state index in [4.69, 9.17) is 21.1 Å². The third-order valence-corrected chi connectivity index (χ3v) is 5.52. The van der Waals surface area contributed by atoms with E-state index in [-0.39, 0.29) is 24.3 Å². The molecule has 2 heterocycles. The summed E-state index contributed by atoms with van der Waals surface area (Å²) >= 11 is 6.27. The molecule has 0 saturated carbocycles. The lowest BCUT2D eigenvalue weighted by atomic mass is 9.93. The lowest BCUT2D eigenvalue weighted by molar-refractivity contribution is -0.129. The van der Waals surface area contributed by atoms with Crippen molar-refractivity contribution in [2.45, 2.75) is 25.8 Å². The van der Waals surface area contributed by atoms with Crippen molar-refractivity contribution in [3.05, 3.63) is 64.3 Å². The number of amides is 2. The molecule has 2 aliphatic rings. The van der Waals surface area contributed by atoms with Crippen LogP contribution in [0.15, 0.2) is 42.6 Å². The van der Waals surface area contributed by atoms with Crippen LogP contribution in [0.2, 0.25) is 5.02 Å². The van der Waals surface area contributed by atoms with Crippen molar-refractivity contribution in [2.24, 2.45) is 0 Å². The van der Waals surface area contributed by atoms with E-state index in [0.29, 0.717) is 42.7 Å². The van der Waals surface area contributed by atoms with Gasteiger partial charge in [0.05, 0.1) is 17.5 Å². The van der Waals surface area contributed by atoms with Crippen LogP contribution in [-0.2, 0) is 16.0 Å². The van der Waals surface area contributed by atoms with E-state index in [1.165, 1.54) is 6.92 Å². The van der Waals surface area contributed by atoms with Crippen molar-refractivity contribution < 1.29 is 19.1 Å². The Labute approximate surface area is 180 Å². The molecule has 0 radical (unpaired) electrons. The summed E-state index contributed by atoms with van der Waals surface area (Å²) < 4.78 is 11.1. The summed E-state index contributed by atoms with van der Waals surface area (Å²) in [5, 5.41) is 3.46. The van der Waals surface area contributed by atoms with E-state index < -0.39 is 0 Å². The van der Waals surface area contributed by atoms with E-state index in [2.05, 4.69) is 5.32 Å². The van der Waals surface area contributed by atoms with E-state index in [0.717, 1.165) is 16.7 Å². The molecule has 0 aliphatic carbocycles. The zero-order valence-corrected chi connectivity index (χ0v) is 17.4. The summed E-state index contributed by atoms with van der Waals surface area (Å²) in [7, 11) is 0. The zero-order chi connectivity index (χ0) is 21.1. The molecule has 2 aromatic carbocycles. The number of carbonyl (C=O) groups excluding carboxylic acids is 2. The van der Waals surface area contributed by atoms with Gasteiger partial charge >= 0.3 is 0 Å². The first-order valence-electron chi connectivity index (χ1n) is 9.93. The van der Waals surface area contributed by atoms with Gasteiger partial charge in [0, 0.05) is 19.7 Å². The molecule has 0 fully saturated rings. The van der Waals surface area contributed by atoms with Gasteiger partial charge in [0.25, 0.3) is 0 Å². The van der Waals surface area contributed by atoms with Gasteiger partial charge in [0.15, 0.2) is 11.5 Å². The lowest BCUT2D eigenvalue weighted by Crippen LogP contribution is -2.35. The quantitative estimate of drug-likeness (QED) is 0.791. The predicted octanol–water partition coefficient (Wildman–Crippen LogP) is 3.73. The Morgan fingerprint density at radius 1 is 1.20 bits per heavy atom. The third kappa shape index (κ3) is 4.28. The molecule has 156 valence electrons. The lowest BCUT2D eigenvalue weighted by Gasteiger charge is -2.32. The summed E-state index contributed by atoms with van der Waals surface area (Å²) in [4.78, 5) is 26.3. The number of hydrogen-bond acceptors (Lipinski definition) is 4. The van der Waals surface area contributed by atoms with Crippen LogP contribution in [0.3, 0.4) is 0 Å². The molecule has 1 atom stereocenters. The fourth-order valence-electron chi connectivity index (χ4n) is 3.82. The number of carbonyl (C=O) groups is 2. The molecule has 0 bridgehead atoms. The Kier molecular flexibility index (Phi) is 5.95. The highest BCUT2D eigenvalue weighted by atomic mass is 35.5. The van der Waals surface area contributed by atoms with Crippen LogP contribution in [-0.4, -0.2) is 36.5 Å². The number of rotatable bonds is 5. The maximum absolute atomic E-state index is 12.6. The van der Waals surface area contributed by atoms with E-state index >= 15 is 0 Å². The number of benzene rings is 2. The first kappa shape index (κ1) is 20.3. The van der Waals surface area contributed by atoms with E-state index in [1.54, 1.807) is 11.1 Å². The molecule has 2 aromatic rings. The highest BCUT2D eigenvalue weighted by molar-refractivity contribution is 6.32. The number of hydrogen-bond donors (Lipinski definition) is 1. The molecule has 0 saturated heterocycles. The number of ether oxygens (including phenoxy) is 2. The van der Waals surface area contributed by atoms with Crippen molar-refractivity contribution in [1.29, 1.82) is 0 Å². The van der Waals surface area contributed by atoms with Gasteiger partial charge < -0.3 is 19.7 Å². The minimum atomic E-state index is -0.313. The van der Waals surface area contributed by atoms with Gasteiger partial charge in [0.2, 0.25) is 11.8 Å². The fourth-order valence-corrected chi connectivity index (χ4v) is 4.10. The van der Waals surface area contributed by atoms with E-state index in [9.17, 15) is 9.59 Å². The summed E-state index contributed by atoms with van der Waals surface area (Å²) in [6.45, 7) is 2.94. The second-order valence-corrected chi connectivity index (χ2v) is 7.70. The number of nitrogens with zero attached hydrogens (tertiary/aromatic N) is 1. The topological polar surface area (TPSA) is 67.9 Å². The Hall–Kier alpha value is -2.99. The van der Waals surface area contributed by atoms with Crippen molar-refractivity contribution in [1.82, 2.24) is 10.2 Å². The van der Waals surface area contributed by atoms with Gasteiger partial charge in [-0.15, -0.1) is 0 Å². The number of halogens is 1. The fraction of sp³-hybridized carbons (Fsp3) is 0.304. The minimum absolute atomic E-state index is 0.0931. The molecule has 1 N–H and O–H groups in total. The maximum Gasteiger partial charge on any atom is 0.223 e. The average molecular weight is 427 g/mol. The summed E-state index contributed by atoms with van der Waals surface area (Å²) in [6.07, 6.45) is 4.46.